The molecule has 2 rings (SSSR count). The number of pyridine rings is 1. The number of nitrogens with zero attached hydrogens (tertiary/aromatic N) is 3. The first-order valence-corrected chi connectivity index (χ1v) is 4.24. The Balaban J connectivity index is 2.25. The average molecular weight is 191 g/mol. The fourth-order valence-electron chi connectivity index (χ4n) is 1.07. The fourth-order valence-corrected chi connectivity index (χ4v) is 1.07. The highest BCUT2D eigenvalue weighted by molar-refractivity contribution is 5.50. The monoisotopic (exact) mass is 191 g/mol. The van der Waals surface area contributed by atoms with Gasteiger partial charge in [0.05, 0.1) is 6.61 Å². The molecule has 1 N–H and O–H groups in total. The number of hydrogen-bond donors (Lipinski definition) is 1. The molecule has 5 nitrogen and oxygen atoms in total. The molecule has 0 unspecified atom stereocenters. The van der Waals surface area contributed by atoms with Crippen molar-refractivity contribution in [2.24, 2.45) is 0 Å². The van der Waals surface area contributed by atoms with Crippen LogP contribution in [0.4, 0.5) is 0 Å². The maximum Gasteiger partial charge on any atom is 0.258 e. The maximum absolute atomic E-state index is 8.67. The minimum atomic E-state index is 0.0231. The van der Waals surface area contributed by atoms with Gasteiger partial charge >= 0.3 is 0 Å². The molecule has 0 fully saturated rings. The zero-order valence-corrected chi connectivity index (χ0v) is 7.42. The van der Waals surface area contributed by atoms with Crippen molar-refractivity contribution in [3.8, 4) is 11.5 Å². The van der Waals surface area contributed by atoms with Gasteiger partial charge in [0.25, 0.3) is 5.89 Å². The lowest BCUT2D eigenvalue weighted by molar-refractivity contribution is 0.293. The molecule has 14 heavy (non-hydrogen) atoms. The third-order valence-electron chi connectivity index (χ3n) is 1.73. The first-order chi connectivity index (χ1) is 6.90. The maximum atomic E-state index is 8.67. The fraction of sp³-hybridized carbons (Fsp3) is 0.222. The van der Waals surface area contributed by atoms with Gasteiger partial charge in [0.15, 0.2) is 5.82 Å². The first kappa shape index (κ1) is 8.83. The van der Waals surface area contributed by atoms with E-state index in [-0.39, 0.29) is 6.61 Å². The minimum Gasteiger partial charge on any atom is -0.396 e. The zero-order chi connectivity index (χ0) is 9.80. The molecule has 2 heterocycles. The molecule has 5 heteroatoms. The van der Waals surface area contributed by atoms with E-state index in [2.05, 4.69) is 15.1 Å². The van der Waals surface area contributed by atoms with Crippen LogP contribution in [-0.4, -0.2) is 26.8 Å². The summed E-state index contributed by atoms with van der Waals surface area (Å²) in [7, 11) is 0. The summed E-state index contributed by atoms with van der Waals surface area (Å²) in [5, 5.41) is 12.4. The van der Waals surface area contributed by atoms with Crippen LogP contribution in [-0.2, 0) is 6.42 Å². The summed E-state index contributed by atoms with van der Waals surface area (Å²) >= 11 is 0. The Morgan fingerprint density at radius 1 is 1.29 bits per heavy atom. The number of hydrogen-bond acceptors (Lipinski definition) is 5. The highest BCUT2D eigenvalue weighted by atomic mass is 16.5. The van der Waals surface area contributed by atoms with E-state index in [4.69, 9.17) is 9.63 Å². The Kier molecular flexibility index (Phi) is 2.51. The Morgan fingerprint density at radius 3 is 2.79 bits per heavy atom. The zero-order valence-electron chi connectivity index (χ0n) is 7.42. The smallest absolute Gasteiger partial charge is 0.258 e. The van der Waals surface area contributed by atoms with Gasteiger partial charge in [-0.1, -0.05) is 5.16 Å². The molecule has 72 valence electrons. The van der Waals surface area contributed by atoms with Crippen LogP contribution >= 0.6 is 0 Å². The van der Waals surface area contributed by atoms with Crippen LogP contribution in [0.15, 0.2) is 29.0 Å². The van der Waals surface area contributed by atoms with Crippen molar-refractivity contribution in [2.75, 3.05) is 6.61 Å². The van der Waals surface area contributed by atoms with E-state index in [0.29, 0.717) is 18.1 Å². The highest BCUT2D eigenvalue weighted by Crippen LogP contribution is 2.15. The lowest BCUT2D eigenvalue weighted by Gasteiger charge is -1.89. The van der Waals surface area contributed by atoms with Gasteiger partial charge < -0.3 is 9.63 Å². The van der Waals surface area contributed by atoms with Gasteiger partial charge in [-0.05, 0) is 12.1 Å². The van der Waals surface area contributed by atoms with Crippen molar-refractivity contribution in [3.05, 3.63) is 30.4 Å². The van der Waals surface area contributed by atoms with Crippen LogP contribution in [0.1, 0.15) is 5.82 Å². The topological polar surface area (TPSA) is 72.0 Å². The molecule has 0 aliphatic heterocycles. The van der Waals surface area contributed by atoms with Crippen molar-refractivity contribution in [1.29, 1.82) is 0 Å². The van der Waals surface area contributed by atoms with Crippen molar-refractivity contribution in [3.63, 3.8) is 0 Å². The van der Waals surface area contributed by atoms with Gasteiger partial charge in [0.2, 0.25) is 0 Å². The van der Waals surface area contributed by atoms with Gasteiger partial charge in [-0.15, -0.1) is 0 Å². The predicted octanol–water partition coefficient (Wildman–Crippen LogP) is 0.666. The summed E-state index contributed by atoms with van der Waals surface area (Å²) in [5.41, 5.74) is 0.830. The lowest BCUT2D eigenvalue weighted by atomic mass is 10.3. The van der Waals surface area contributed by atoms with Crippen molar-refractivity contribution < 1.29 is 9.63 Å². The Hall–Kier alpha value is -1.75. The quantitative estimate of drug-likeness (QED) is 0.771. The SMILES string of the molecule is OCCc1noc(-c2ccncc2)n1. The van der Waals surface area contributed by atoms with Gasteiger partial charge in [-0.2, -0.15) is 4.98 Å². The Labute approximate surface area is 80.4 Å². The second-order valence-corrected chi connectivity index (χ2v) is 2.73. The molecule has 0 atom stereocenters. The molecular weight excluding hydrogens is 182 g/mol. The molecule has 0 aliphatic rings. The third-order valence-corrected chi connectivity index (χ3v) is 1.73. The molecule has 0 amide bonds. The van der Waals surface area contributed by atoms with Crippen LogP contribution in [0.5, 0.6) is 0 Å². The number of aliphatic hydroxyl groups is 1. The van der Waals surface area contributed by atoms with E-state index in [1.54, 1.807) is 24.5 Å². The largest absolute Gasteiger partial charge is 0.396 e. The van der Waals surface area contributed by atoms with Crippen molar-refractivity contribution >= 4 is 0 Å². The molecule has 0 bridgehead atoms. The van der Waals surface area contributed by atoms with E-state index in [1.165, 1.54) is 0 Å². The average Bonchev–Trinajstić information content (AvgIpc) is 2.68. The molecule has 0 saturated heterocycles. The lowest BCUT2D eigenvalue weighted by Crippen LogP contribution is -1.92. The number of aliphatic hydroxyl groups excluding tert-OH is 1. The van der Waals surface area contributed by atoms with Crippen molar-refractivity contribution in [1.82, 2.24) is 15.1 Å². The van der Waals surface area contributed by atoms with E-state index in [1.807, 2.05) is 0 Å². The van der Waals surface area contributed by atoms with Crippen LogP contribution in [0.25, 0.3) is 11.5 Å². The molecule has 0 aromatic carbocycles. The molecule has 0 aliphatic carbocycles. The highest BCUT2D eigenvalue weighted by Gasteiger charge is 2.07. The second-order valence-electron chi connectivity index (χ2n) is 2.73. The van der Waals surface area contributed by atoms with Crippen LogP contribution in [0.3, 0.4) is 0 Å². The second kappa shape index (κ2) is 3.97. The summed E-state index contributed by atoms with van der Waals surface area (Å²) in [5.74, 6) is 0.968. The summed E-state index contributed by atoms with van der Waals surface area (Å²) in [6, 6.07) is 3.58. The molecule has 0 radical (unpaired) electrons. The molecule has 2 aromatic heterocycles. The minimum absolute atomic E-state index is 0.0231. The summed E-state index contributed by atoms with van der Waals surface area (Å²) < 4.78 is 5.00. The molecular formula is C9H9N3O2. The first-order valence-electron chi connectivity index (χ1n) is 4.24. The van der Waals surface area contributed by atoms with Crippen LogP contribution in [0, 0.1) is 0 Å². The number of aromatic nitrogens is 3. The normalized spacial score (nSPS) is 10.4. The predicted molar refractivity (Wildman–Crippen MR) is 48.3 cm³/mol. The van der Waals surface area contributed by atoms with E-state index in [0.717, 1.165) is 5.56 Å². The van der Waals surface area contributed by atoms with E-state index >= 15 is 0 Å². The summed E-state index contributed by atoms with van der Waals surface area (Å²) in [6.45, 7) is 0.0231. The van der Waals surface area contributed by atoms with Gasteiger partial charge in [-0.3, -0.25) is 4.98 Å². The standard InChI is InChI=1S/C9H9N3O2/c13-6-3-8-11-9(14-12-8)7-1-4-10-5-2-7/h1-2,4-5,13H,3,6H2. The van der Waals surface area contributed by atoms with Crippen LogP contribution < -0.4 is 0 Å². The van der Waals surface area contributed by atoms with Crippen LogP contribution in [0.2, 0.25) is 0 Å². The van der Waals surface area contributed by atoms with Gasteiger partial charge in [0, 0.05) is 24.4 Å². The van der Waals surface area contributed by atoms with Crippen molar-refractivity contribution in [2.45, 2.75) is 6.42 Å². The van der Waals surface area contributed by atoms with Gasteiger partial charge in [-0.25, -0.2) is 0 Å². The number of rotatable bonds is 3. The summed E-state index contributed by atoms with van der Waals surface area (Å²) in [4.78, 5) is 7.99. The molecule has 0 spiro atoms. The molecule has 0 saturated carbocycles. The van der Waals surface area contributed by atoms with Gasteiger partial charge in [0.1, 0.15) is 0 Å². The molecule has 2 aromatic rings. The third kappa shape index (κ3) is 1.77. The van der Waals surface area contributed by atoms with E-state index < -0.39 is 0 Å². The Morgan fingerprint density at radius 2 is 2.07 bits per heavy atom. The summed E-state index contributed by atoms with van der Waals surface area (Å²) in [6.07, 6.45) is 3.73. The van der Waals surface area contributed by atoms with E-state index in [9.17, 15) is 0 Å². The Bertz CT molecular complexity index is 399.